The summed E-state index contributed by atoms with van der Waals surface area (Å²) in [5, 5.41) is 0. The topological polar surface area (TPSA) is 47.0 Å². The van der Waals surface area contributed by atoms with E-state index in [1.165, 1.54) is 11.8 Å². The van der Waals surface area contributed by atoms with Crippen LogP contribution in [0.25, 0.3) is 0 Å². The van der Waals surface area contributed by atoms with Crippen LogP contribution in [0, 0.1) is 5.92 Å². The molecule has 0 aliphatic carbocycles. The van der Waals surface area contributed by atoms with Crippen LogP contribution in [-0.2, 0) is 16.3 Å². The Bertz CT molecular complexity index is 400. The summed E-state index contributed by atoms with van der Waals surface area (Å²) < 4.78 is 22.2. The molecule has 4 heteroatoms. The van der Waals surface area contributed by atoms with E-state index in [0.717, 1.165) is 19.3 Å². The maximum atomic E-state index is 11.1. The van der Waals surface area contributed by atoms with Gasteiger partial charge in [-0.25, -0.2) is 8.42 Å². The monoisotopic (exact) mass is 241 g/mol. The van der Waals surface area contributed by atoms with E-state index in [0.29, 0.717) is 5.92 Å². The highest BCUT2D eigenvalue weighted by Gasteiger charge is 2.11. The average Bonchev–Trinajstić information content (AvgIpc) is 2.24. The summed E-state index contributed by atoms with van der Waals surface area (Å²) >= 11 is 0. The second-order valence-corrected chi connectivity index (χ2v) is 6.52. The van der Waals surface area contributed by atoms with Gasteiger partial charge in [0.25, 0.3) is 0 Å². The molecule has 0 aliphatic heterocycles. The van der Waals surface area contributed by atoms with E-state index in [4.69, 9.17) is 0 Å². The lowest BCUT2D eigenvalue weighted by atomic mass is 9.95. The first-order valence-corrected chi connectivity index (χ1v) is 7.64. The van der Waals surface area contributed by atoms with Gasteiger partial charge in [0.1, 0.15) is 9.84 Å². The van der Waals surface area contributed by atoms with E-state index in [1.54, 1.807) is 6.20 Å². The van der Waals surface area contributed by atoms with Crippen LogP contribution in [0.15, 0.2) is 24.5 Å². The highest BCUT2D eigenvalue weighted by atomic mass is 32.2. The fourth-order valence-corrected chi connectivity index (χ4v) is 2.44. The van der Waals surface area contributed by atoms with Crippen molar-refractivity contribution in [3.8, 4) is 0 Å². The Balaban J connectivity index is 2.50. The van der Waals surface area contributed by atoms with Gasteiger partial charge in [0.05, 0.1) is 5.75 Å². The average molecular weight is 241 g/mol. The molecule has 0 N–H and O–H groups in total. The lowest BCUT2D eigenvalue weighted by molar-refractivity contribution is 0.486. The quantitative estimate of drug-likeness (QED) is 0.766. The predicted octanol–water partition coefficient (Wildman–Crippen LogP) is 2.08. The van der Waals surface area contributed by atoms with Crippen molar-refractivity contribution in [1.29, 1.82) is 0 Å². The van der Waals surface area contributed by atoms with Gasteiger partial charge in [-0.05, 0) is 30.4 Å². The van der Waals surface area contributed by atoms with Crippen LogP contribution in [0.5, 0.6) is 0 Å². The number of aromatic nitrogens is 1. The molecule has 90 valence electrons. The number of hydrogen-bond donors (Lipinski definition) is 0. The van der Waals surface area contributed by atoms with Gasteiger partial charge in [-0.15, -0.1) is 0 Å². The lowest BCUT2D eigenvalue weighted by Gasteiger charge is -2.13. The Morgan fingerprint density at radius 2 is 2.19 bits per heavy atom. The number of pyridine rings is 1. The highest BCUT2D eigenvalue weighted by Crippen LogP contribution is 2.15. The van der Waals surface area contributed by atoms with Crippen LogP contribution in [0.2, 0.25) is 0 Å². The molecule has 1 rings (SSSR count). The summed E-state index contributed by atoms with van der Waals surface area (Å²) in [6.45, 7) is 2.10. The Morgan fingerprint density at radius 1 is 1.44 bits per heavy atom. The van der Waals surface area contributed by atoms with Crippen LogP contribution in [0.1, 0.15) is 25.3 Å². The van der Waals surface area contributed by atoms with E-state index >= 15 is 0 Å². The zero-order valence-electron chi connectivity index (χ0n) is 9.89. The fourth-order valence-electron chi connectivity index (χ4n) is 1.68. The van der Waals surface area contributed by atoms with Gasteiger partial charge in [0.2, 0.25) is 0 Å². The molecule has 0 saturated heterocycles. The number of hydrogen-bond acceptors (Lipinski definition) is 3. The first-order valence-electron chi connectivity index (χ1n) is 5.58. The summed E-state index contributed by atoms with van der Waals surface area (Å²) in [6, 6.07) is 3.95. The van der Waals surface area contributed by atoms with Crippen molar-refractivity contribution in [1.82, 2.24) is 4.98 Å². The third-order valence-corrected chi connectivity index (χ3v) is 3.70. The zero-order chi connectivity index (χ0) is 12.0. The van der Waals surface area contributed by atoms with E-state index in [-0.39, 0.29) is 5.75 Å². The molecule has 1 aromatic rings. The smallest absolute Gasteiger partial charge is 0.147 e. The van der Waals surface area contributed by atoms with E-state index < -0.39 is 9.84 Å². The molecule has 0 bridgehead atoms. The van der Waals surface area contributed by atoms with E-state index in [2.05, 4.69) is 11.9 Å². The molecular weight excluding hydrogens is 222 g/mol. The van der Waals surface area contributed by atoms with Crippen LogP contribution >= 0.6 is 0 Å². The van der Waals surface area contributed by atoms with Gasteiger partial charge in [-0.2, -0.15) is 0 Å². The number of sulfone groups is 1. The Morgan fingerprint density at radius 3 is 2.69 bits per heavy atom. The Hall–Kier alpha value is -0.900. The minimum Gasteiger partial charge on any atom is -0.264 e. The first-order chi connectivity index (χ1) is 7.51. The predicted molar refractivity (Wildman–Crippen MR) is 66.0 cm³/mol. The molecule has 1 aromatic heterocycles. The van der Waals surface area contributed by atoms with Crippen molar-refractivity contribution >= 4 is 9.84 Å². The molecule has 1 atom stereocenters. The minimum atomic E-state index is -2.84. The van der Waals surface area contributed by atoms with Gasteiger partial charge in [0, 0.05) is 18.6 Å². The molecule has 16 heavy (non-hydrogen) atoms. The molecule has 0 fully saturated rings. The summed E-state index contributed by atoms with van der Waals surface area (Å²) in [7, 11) is -2.84. The maximum absolute atomic E-state index is 11.1. The number of rotatable bonds is 6. The van der Waals surface area contributed by atoms with Crippen LogP contribution in [0.3, 0.4) is 0 Å². The van der Waals surface area contributed by atoms with Gasteiger partial charge in [0.15, 0.2) is 0 Å². The van der Waals surface area contributed by atoms with Gasteiger partial charge >= 0.3 is 0 Å². The molecule has 1 heterocycles. The molecule has 0 amide bonds. The second kappa shape index (κ2) is 5.99. The molecule has 3 nitrogen and oxygen atoms in total. The van der Waals surface area contributed by atoms with Crippen molar-refractivity contribution in [2.24, 2.45) is 5.92 Å². The Labute approximate surface area is 97.8 Å². The lowest BCUT2D eigenvalue weighted by Crippen LogP contribution is -2.11. The van der Waals surface area contributed by atoms with Crippen molar-refractivity contribution in [2.45, 2.75) is 26.2 Å². The minimum absolute atomic E-state index is 0.284. The van der Waals surface area contributed by atoms with Crippen LogP contribution in [0.4, 0.5) is 0 Å². The SMILES string of the molecule is CCC(CCS(C)(=O)=O)Cc1cccnc1. The second-order valence-electron chi connectivity index (χ2n) is 4.26. The van der Waals surface area contributed by atoms with Gasteiger partial charge in [-0.1, -0.05) is 19.4 Å². The Kier molecular flexibility index (Phi) is 4.93. The van der Waals surface area contributed by atoms with E-state index in [1.807, 2.05) is 18.3 Å². The summed E-state index contributed by atoms with van der Waals surface area (Å²) in [6.07, 6.45) is 7.56. The maximum Gasteiger partial charge on any atom is 0.147 e. The third-order valence-electron chi connectivity index (χ3n) is 2.72. The molecule has 0 aromatic carbocycles. The summed E-state index contributed by atoms with van der Waals surface area (Å²) in [5.41, 5.74) is 1.18. The molecule has 0 radical (unpaired) electrons. The molecule has 0 aliphatic rings. The van der Waals surface area contributed by atoms with Crippen LogP contribution < -0.4 is 0 Å². The molecule has 0 saturated carbocycles. The molecule has 1 unspecified atom stereocenters. The van der Waals surface area contributed by atoms with Crippen molar-refractivity contribution < 1.29 is 8.42 Å². The zero-order valence-corrected chi connectivity index (χ0v) is 10.7. The van der Waals surface area contributed by atoms with Crippen molar-refractivity contribution in [3.63, 3.8) is 0 Å². The third kappa shape index (κ3) is 5.26. The summed E-state index contributed by atoms with van der Waals surface area (Å²) in [4.78, 5) is 4.06. The molecule has 0 spiro atoms. The van der Waals surface area contributed by atoms with E-state index in [9.17, 15) is 8.42 Å². The molecular formula is C12H19NO2S. The van der Waals surface area contributed by atoms with Crippen molar-refractivity contribution in [3.05, 3.63) is 30.1 Å². The largest absolute Gasteiger partial charge is 0.264 e. The number of nitrogens with zero attached hydrogens (tertiary/aromatic N) is 1. The van der Waals surface area contributed by atoms with Gasteiger partial charge < -0.3 is 0 Å². The standard InChI is InChI=1S/C12H19NO2S/c1-3-11(6-8-16(2,14)15)9-12-5-4-7-13-10-12/h4-5,7,10-11H,3,6,8-9H2,1-2H3. The first kappa shape index (κ1) is 13.2. The van der Waals surface area contributed by atoms with Gasteiger partial charge in [-0.3, -0.25) is 4.98 Å². The summed E-state index contributed by atoms with van der Waals surface area (Å²) in [5.74, 6) is 0.713. The highest BCUT2D eigenvalue weighted by molar-refractivity contribution is 7.90. The van der Waals surface area contributed by atoms with Crippen molar-refractivity contribution in [2.75, 3.05) is 12.0 Å². The van der Waals surface area contributed by atoms with Crippen LogP contribution in [-0.4, -0.2) is 25.4 Å². The normalized spacial score (nSPS) is 13.6. The fraction of sp³-hybridized carbons (Fsp3) is 0.583.